The summed E-state index contributed by atoms with van der Waals surface area (Å²) in [5, 5.41) is 0. The molecular weight excluding hydrogens is 416 g/mol. The van der Waals surface area contributed by atoms with Crippen LogP contribution < -0.4 is 0 Å². The molecule has 200 valence electrons. The van der Waals surface area contributed by atoms with Crippen LogP contribution in [0.15, 0.2) is 12.2 Å². The van der Waals surface area contributed by atoms with Gasteiger partial charge in [0, 0.05) is 25.7 Å². The second-order valence-electron chi connectivity index (χ2n) is 10.5. The third-order valence-corrected chi connectivity index (χ3v) is 6.94. The lowest BCUT2D eigenvalue weighted by Gasteiger charge is -2.02. The molecule has 0 aromatic carbocycles. The second kappa shape index (κ2) is 28.3. The summed E-state index contributed by atoms with van der Waals surface area (Å²) >= 11 is 0. The number of Topliss-reactive ketones (excluding diaryl/α,β-unsaturated/α-hetero) is 2. The van der Waals surface area contributed by atoms with Gasteiger partial charge >= 0.3 is 0 Å². The Balaban J connectivity index is 3.23. The summed E-state index contributed by atoms with van der Waals surface area (Å²) < 4.78 is 0. The Hall–Kier alpha value is -0.920. The summed E-state index contributed by atoms with van der Waals surface area (Å²) in [7, 11) is 0. The Morgan fingerprint density at radius 3 is 0.971 bits per heavy atom. The van der Waals surface area contributed by atoms with E-state index in [2.05, 4.69) is 26.0 Å². The molecule has 2 heteroatoms. The molecule has 0 unspecified atom stereocenters. The van der Waals surface area contributed by atoms with Crippen molar-refractivity contribution in [1.29, 1.82) is 0 Å². The first-order valence-corrected chi connectivity index (χ1v) is 15.4. The van der Waals surface area contributed by atoms with E-state index in [4.69, 9.17) is 0 Å². The average molecular weight is 477 g/mol. The Kier molecular flexibility index (Phi) is 27.6. The van der Waals surface area contributed by atoms with E-state index in [1.807, 2.05) is 0 Å². The SMILES string of the molecule is CCCCCCC(=O)CCCCCCCC/C=C/CCCCCCCCC(=O)CCCCCC. The molecule has 0 aromatic rings. The molecule has 0 rings (SSSR count). The number of ketones is 2. The smallest absolute Gasteiger partial charge is 0.132 e. The van der Waals surface area contributed by atoms with E-state index in [0.717, 1.165) is 51.4 Å². The molecule has 0 saturated carbocycles. The number of hydrogen-bond donors (Lipinski definition) is 0. The van der Waals surface area contributed by atoms with Crippen molar-refractivity contribution in [3.8, 4) is 0 Å². The normalized spacial score (nSPS) is 11.5. The molecule has 0 radical (unpaired) electrons. The van der Waals surface area contributed by atoms with E-state index < -0.39 is 0 Å². The van der Waals surface area contributed by atoms with Gasteiger partial charge in [-0.3, -0.25) is 9.59 Å². The van der Waals surface area contributed by atoms with Crippen LogP contribution in [-0.2, 0) is 9.59 Å². The quantitative estimate of drug-likeness (QED) is 0.0831. The van der Waals surface area contributed by atoms with Crippen LogP contribution >= 0.6 is 0 Å². The molecule has 0 aromatic heterocycles. The van der Waals surface area contributed by atoms with Gasteiger partial charge < -0.3 is 0 Å². The Bertz CT molecular complexity index is 424. The second-order valence-corrected chi connectivity index (χ2v) is 10.5. The van der Waals surface area contributed by atoms with Gasteiger partial charge in [-0.05, 0) is 51.4 Å². The molecule has 2 nitrogen and oxygen atoms in total. The highest BCUT2D eigenvalue weighted by molar-refractivity contribution is 5.78. The fraction of sp³-hybridized carbons (Fsp3) is 0.875. The molecule has 0 saturated heterocycles. The van der Waals surface area contributed by atoms with Gasteiger partial charge in [0.25, 0.3) is 0 Å². The van der Waals surface area contributed by atoms with Crippen molar-refractivity contribution in [2.24, 2.45) is 0 Å². The largest absolute Gasteiger partial charge is 0.300 e. The van der Waals surface area contributed by atoms with Crippen molar-refractivity contribution in [2.45, 2.75) is 181 Å². The van der Waals surface area contributed by atoms with Crippen molar-refractivity contribution in [3.63, 3.8) is 0 Å². The van der Waals surface area contributed by atoms with Crippen molar-refractivity contribution in [1.82, 2.24) is 0 Å². The van der Waals surface area contributed by atoms with Crippen molar-refractivity contribution in [2.75, 3.05) is 0 Å². The van der Waals surface area contributed by atoms with Gasteiger partial charge in [0.1, 0.15) is 11.6 Å². The minimum Gasteiger partial charge on any atom is -0.300 e. The number of hydrogen-bond acceptors (Lipinski definition) is 2. The monoisotopic (exact) mass is 476 g/mol. The van der Waals surface area contributed by atoms with Crippen LogP contribution in [-0.4, -0.2) is 11.6 Å². The molecule has 0 bridgehead atoms. The van der Waals surface area contributed by atoms with E-state index in [-0.39, 0.29) is 0 Å². The highest BCUT2D eigenvalue weighted by Crippen LogP contribution is 2.13. The van der Waals surface area contributed by atoms with Gasteiger partial charge in [0.2, 0.25) is 0 Å². The zero-order valence-electron chi connectivity index (χ0n) is 23.4. The van der Waals surface area contributed by atoms with E-state index >= 15 is 0 Å². The van der Waals surface area contributed by atoms with Crippen LogP contribution in [0.2, 0.25) is 0 Å². The van der Waals surface area contributed by atoms with Crippen LogP contribution in [0, 0.1) is 0 Å². The lowest BCUT2D eigenvalue weighted by atomic mass is 10.0. The summed E-state index contributed by atoms with van der Waals surface area (Å²) in [6, 6.07) is 0. The molecule has 0 atom stereocenters. The van der Waals surface area contributed by atoms with Gasteiger partial charge in [-0.2, -0.15) is 0 Å². The van der Waals surface area contributed by atoms with E-state index in [1.54, 1.807) is 0 Å². The lowest BCUT2D eigenvalue weighted by Crippen LogP contribution is -1.97. The molecule has 0 aliphatic heterocycles. The van der Waals surface area contributed by atoms with Gasteiger partial charge in [-0.25, -0.2) is 0 Å². The van der Waals surface area contributed by atoms with Gasteiger partial charge in [0.15, 0.2) is 0 Å². The minimum atomic E-state index is 0.487. The molecule has 0 aliphatic rings. The topological polar surface area (TPSA) is 34.1 Å². The van der Waals surface area contributed by atoms with Crippen molar-refractivity contribution in [3.05, 3.63) is 12.2 Å². The van der Waals surface area contributed by atoms with Crippen LogP contribution in [0.4, 0.5) is 0 Å². The first kappa shape index (κ1) is 33.1. The fourth-order valence-electron chi connectivity index (χ4n) is 4.57. The maximum absolute atomic E-state index is 11.8. The molecule has 0 N–H and O–H groups in total. The summed E-state index contributed by atoms with van der Waals surface area (Å²) in [6.45, 7) is 4.43. The van der Waals surface area contributed by atoms with Crippen LogP contribution in [0.3, 0.4) is 0 Å². The van der Waals surface area contributed by atoms with E-state index in [9.17, 15) is 9.59 Å². The Labute approximate surface area is 214 Å². The molecule has 0 amide bonds. The fourth-order valence-corrected chi connectivity index (χ4v) is 4.57. The molecule has 0 spiro atoms. The third kappa shape index (κ3) is 27.3. The maximum Gasteiger partial charge on any atom is 0.132 e. The van der Waals surface area contributed by atoms with Crippen LogP contribution in [0.1, 0.15) is 181 Å². The molecule has 0 aliphatic carbocycles. The first-order chi connectivity index (χ1) is 16.7. The zero-order valence-corrected chi connectivity index (χ0v) is 23.4. The predicted octanol–water partition coefficient (Wildman–Crippen LogP) is 10.9. The highest BCUT2D eigenvalue weighted by Gasteiger charge is 2.02. The summed E-state index contributed by atoms with van der Waals surface area (Å²) in [4.78, 5) is 23.6. The molecule has 34 heavy (non-hydrogen) atoms. The molecule has 0 heterocycles. The Morgan fingerprint density at radius 2 is 0.647 bits per heavy atom. The summed E-state index contributed by atoms with van der Waals surface area (Å²) in [5.41, 5.74) is 0. The van der Waals surface area contributed by atoms with Gasteiger partial charge in [-0.15, -0.1) is 0 Å². The standard InChI is InChI=1S/C32H60O2/c1-3-5-7-23-27-31(33)29-25-21-19-17-15-13-11-9-10-12-14-16-18-20-22-26-30-32(34)28-24-8-6-4-2/h9-10H,3-8,11-30H2,1-2H3/b10-9+. The number of allylic oxidation sites excluding steroid dienone is 2. The number of carbonyl (C=O) groups is 2. The first-order valence-electron chi connectivity index (χ1n) is 15.4. The van der Waals surface area contributed by atoms with Gasteiger partial charge in [-0.1, -0.05) is 116 Å². The zero-order chi connectivity index (χ0) is 25.0. The third-order valence-electron chi connectivity index (χ3n) is 6.94. The van der Waals surface area contributed by atoms with E-state index in [0.29, 0.717) is 11.6 Å². The maximum atomic E-state index is 11.8. The summed E-state index contributed by atoms with van der Waals surface area (Å²) in [5.74, 6) is 0.974. The summed E-state index contributed by atoms with van der Waals surface area (Å²) in [6.07, 6.45) is 35.3. The minimum absolute atomic E-state index is 0.487. The van der Waals surface area contributed by atoms with E-state index in [1.165, 1.54) is 116 Å². The van der Waals surface area contributed by atoms with Crippen LogP contribution in [0.5, 0.6) is 0 Å². The number of rotatable bonds is 28. The average Bonchev–Trinajstić information content (AvgIpc) is 2.83. The molecule has 0 fully saturated rings. The van der Waals surface area contributed by atoms with Crippen LogP contribution in [0.25, 0.3) is 0 Å². The number of carbonyl (C=O) groups excluding carboxylic acids is 2. The highest BCUT2D eigenvalue weighted by atomic mass is 16.1. The predicted molar refractivity (Wildman–Crippen MR) is 151 cm³/mol. The van der Waals surface area contributed by atoms with Crippen molar-refractivity contribution < 1.29 is 9.59 Å². The number of unbranched alkanes of at least 4 members (excludes halogenated alkanes) is 18. The Morgan fingerprint density at radius 1 is 0.382 bits per heavy atom. The lowest BCUT2D eigenvalue weighted by molar-refractivity contribution is -0.120. The van der Waals surface area contributed by atoms with Crippen molar-refractivity contribution >= 4 is 11.6 Å². The molecular formula is C32H60O2. The van der Waals surface area contributed by atoms with Gasteiger partial charge in [0.05, 0.1) is 0 Å².